The highest BCUT2D eigenvalue weighted by atomic mass is 79.9. The van der Waals surface area contributed by atoms with Crippen molar-refractivity contribution in [2.75, 3.05) is 0 Å². The molecule has 0 aliphatic rings. The van der Waals surface area contributed by atoms with Gasteiger partial charge >= 0.3 is 0 Å². The second-order valence-corrected chi connectivity index (χ2v) is 4.68. The second-order valence-electron chi connectivity index (χ2n) is 3.82. The van der Waals surface area contributed by atoms with Crippen molar-refractivity contribution < 1.29 is 0 Å². The van der Waals surface area contributed by atoms with Crippen LogP contribution in [-0.4, -0.2) is 20.2 Å². The van der Waals surface area contributed by atoms with Crippen LogP contribution in [0.15, 0.2) is 40.9 Å². The third kappa shape index (κ3) is 1.70. The molecule has 0 unspecified atom stereocenters. The maximum atomic E-state index is 5.63. The Morgan fingerprint density at radius 2 is 1.89 bits per heavy atom. The SMILES string of the molecule is NCc1nnnn1-c1ccc(Br)c2ccccc12. The summed E-state index contributed by atoms with van der Waals surface area (Å²) in [6.07, 6.45) is 0. The largest absolute Gasteiger partial charge is 0.324 e. The number of rotatable bonds is 2. The maximum absolute atomic E-state index is 5.63. The predicted molar refractivity (Wildman–Crippen MR) is 72.3 cm³/mol. The van der Waals surface area contributed by atoms with Gasteiger partial charge in [-0.15, -0.1) is 5.10 Å². The van der Waals surface area contributed by atoms with Gasteiger partial charge in [-0.1, -0.05) is 40.2 Å². The van der Waals surface area contributed by atoms with Gasteiger partial charge in [-0.3, -0.25) is 0 Å². The van der Waals surface area contributed by atoms with Crippen LogP contribution in [0.3, 0.4) is 0 Å². The van der Waals surface area contributed by atoms with Gasteiger partial charge in [0.2, 0.25) is 0 Å². The van der Waals surface area contributed by atoms with Gasteiger partial charge in [0.05, 0.1) is 12.2 Å². The van der Waals surface area contributed by atoms with Crippen LogP contribution in [0.5, 0.6) is 0 Å². The van der Waals surface area contributed by atoms with Crippen LogP contribution in [-0.2, 0) is 6.54 Å². The molecule has 0 bridgehead atoms. The molecule has 0 radical (unpaired) electrons. The van der Waals surface area contributed by atoms with E-state index in [9.17, 15) is 0 Å². The van der Waals surface area contributed by atoms with Crippen LogP contribution in [0.2, 0.25) is 0 Å². The number of tetrazole rings is 1. The van der Waals surface area contributed by atoms with E-state index in [4.69, 9.17) is 5.73 Å². The number of halogens is 1. The second kappa shape index (κ2) is 4.47. The standard InChI is InChI=1S/C12H10BrN5/c13-10-5-6-11(9-4-2-1-3-8(9)10)18-12(7-14)15-16-17-18/h1-6H,7,14H2. The minimum atomic E-state index is 0.303. The van der Waals surface area contributed by atoms with Crippen molar-refractivity contribution in [3.63, 3.8) is 0 Å². The smallest absolute Gasteiger partial charge is 0.170 e. The molecule has 1 aromatic heterocycles. The van der Waals surface area contributed by atoms with Crippen molar-refractivity contribution >= 4 is 26.7 Å². The quantitative estimate of drug-likeness (QED) is 0.786. The van der Waals surface area contributed by atoms with Gasteiger partial charge in [-0.05, 0) is 27.9 Å². The highest BCUT2D eigenvalue weighted by molar-refractivity contribution is 9.10. The molecule has 1 heterocycles. The first-order chi connectivity index (χ1) is 8.81. The topological polar surface area (TPSA) is 69.6 Å². The first kappa shape index (κ1) is 11.3. The molecule has 5 nitrogen and oxygen atoms in total. The van der Waals surface area contributed by atoms with Crippen molar-refractivity contribution in [3.8, 4) is 5.69 Å². The first-order valence-electron chi connectivity index (χ1n) is 5.46. The lowest BCUT2D eigenvalue weighted by molar-refractivity contribution is 0.765. The molecule has 6 heteroatoms. The predicted octanol–water partition coefficient (Wildman–Crippen LogP) is 2.04. The lowest BCUT2D eigenvalue weighted by Crippen LogP contribution is -2.08. The Kier molecular flexibility index (Phi) is 2.81. The van der Waals surface area contributed by atoms with Crippen LogP contribution in [0.25, 0.3) is 16.5 Å². The summed E-state index contributed by atoms with van der Waals surface area (Å²) in [5.74, 6) is 0.641. The monoisotopic (exact) mass is 303 g/mol. The number of benzene rings is 2. The first-order valence-corrected chi connectivity index (χ1v) is 6.25. The van der Waals surface area contributed by atoms with Crippen molar-refractivity contribution in [2.45, 2.75) is 6.54 Å². The van der Waals surface area contributed by atoms with Crippen molar-refractivity contribution in [1.82, 2.24) is 20.2 Å². The zero-order valence-corrected chi connectivity index (χ0v) is 11.0. The molecule has 18 heavy (non-hydrogen) atoms. The molecular weight excluding hydrogens is 294 g/mol. The van der Waals surface area contributed by atoms with Crippen LogP contribution in [0.4, 0.5) is 0 Å². The van der Waals surface area contributed by atoms with E-state index in [2.05, 4.69) is 37.5 Å². The third-order valence-corrected chi connectivity index (χ3v) is 3.48. The number of fused-ring (bicyclic) bond motifs is 1. The van der Waals surface area contributed by atoms with Crippen molar-refractivity contribution in [2.24, 2.45) is 5.73 Å². The minimum absolute atomic E-state index is 0.303. The zero-order chi connectivity index (χ0) is 12.5. The van der Waals surface area contributed by atoms with Gasteiger partial charge in [-0.2, -0.15) is 4.68 Å². The van der Waals surface area contributed by atoms with Crippen LogP contribution in [0.1, 0.15) is 5.82 Å². The summed E-state index contributed by atoms with van der Waals surface area (Å²) in [4.78, 5) is 0. The normalized spacial score (nSPS) is 11.0. The molecule has 0 atom stereocenters. The summed E-state index contributed by atoms with van der Waals surface area (Å²) in [7, 11) is 0. The Morgan fingerprint density at radius 3 is 2.67 bits per heavy atom. The van der Waals surface area contributed by atoms with Gasteiger partial charge in [0.25, 0.3) is 0 Å². The Balaban J connectivity index is 2.34. The number of nitrogens with two attached hydrogens (primary N) is 1. The fraction of sp³-hybridized carbons (Fsp3) is 0.0833. The molecule has 0 saturated heterocycles. The molecule has 0 amide bonds. The molecule has 0 aliphatic carbocycles. The number of aromatic nitrogens is 4. The zero-order valence-electron chi connectivity index (χ0n) is 9.42. The third-order valence-electron chi connectivity index (χ3n) is 2.79. The molecule has 0 spiro atoms. The van der Waals surface area contributed by atoms with Crippen molar-refractivity contribution in [1.29, 1.82) is 0 Å². The van der Waals surface area contributed by atoms with E-state index >= 15 is 0 Å². The lowest BCUT2D eigenvalue weighted by Gasteiger charge is -2.08. The van der Waals surface area contributed by atoms with E-state index in [1.165, 1.54) is 0 Å². The van der Waals surface area contributed by atoms with Crippen LogP contribution >= 0.6 is 15.9 Å². The van der Waals surface area contributed by atoms with E-state index in [1.54, 1.807) is 4.68 Å². The maximum Gasteiger partial charge on any atom is 0.170 e. The Bertz CT molecular complexity index is 707. The van der Waals surface area contributed by atoms with E-state index in [0.717, 1.165) is 20.9 Å². The molecule has 2 N–H and O–H groups in total. The summed E-state index contributed by atoms with van der Waals surface area (Å²) in [6, 6.07) is 12.0. The summed E-state index contributed by atoms with van der Waals surface area (Å²) in [6.45, 7) is 0.303. The molecule has 3 rings (SSSR count). The van der Waals surface area contributed by atoms with Crippen LogP contribution < -0.4 is 5.73 Å². The van der Waals surface area contributed by atoms with Gasteiger partial charge < -0.3 is 5.73 Å². The van der Waals surface area contributed by atoms with E-state index in [-0.39, 0.29) is 0 Å². The van der Waals surface area contributed by atoms with Crippen molar-refractivity contribution in [3.05, 3.63) is 46.7 Å². The van der Waals surface area contributed by atoms with Gasteiger partial charge in [0.15, 0.2) is 5.82 Å². The number of hydrogen-bond acceptors (Lipinski definition) is 4. The van der Waals surface area contributed by atoms with E-state index in [0.29, 0.717) is 12.4 Å². The van der Waals surface area contributed by atoms with Gasteiger partial charge in [-0.25, -0.2) is 0 Å². The summed E-state index contributed by atoms with van der Waals surface area (Å²) in [5.41, 5.74) is 6.56. The van der Waals surface area contributed by atoms with E-state index < -0.39 is 0 Å². The average molecular weight is 304 g/mol. The average Bonchev–Trinajstić information content (AvgIpc) is 2.88. The molecule has 3 aromatic rings. The fourth-order valence-electron chi connectivity index (χ4n) is 1.95. The number of nitrogens with zero attached hydrogens (tertiary/aromatic N) is 4. The van der Waals surface area contributed by atoms with Gasteiger partial charge in [0.1, 0.15) is 0 Å². The molecule has 2 aromatic carbocycles. The van der Waals surface area contributed by atoms with Gasteiger partial charge in [0, 0.05) is 9.86 Å². The molecule has 90 valence electrons. The molecule has 0 saturated carbocycles. The molecule has 0 fully saturated rings. The van der Waals surface area contributed by atoms with E-state index in [1.807, 2.05) is 30.3 Å². The summed E-state index contributed by atoms with van der Waals surface area (Å²) < 4.78 is 2.72. The fourth-order valence-corrected chi connectivity index (χ4v) is 2.43. The molecule has 0 aliphatic heterocycles. The summed E-state index contributed by atoms with van der Waals surface area (Å²) in [5, 5.41) is 13.8. The van der Waals surface area contributed by atoms with Crippen LogP contribution in [0, 0.1) is 0 Å². The highest BCUT2D eigenvalue weighted by Gasteiger charge is 2.10. The Morgan fingerprint density at radius 1 is 1.11 bits per heavy atom. The number of hydrogen-bond donors (Lipinski definition) is 1. The lowest BCUT2D eigenvalue weighted by atomic mass is 10.1. The Hall–Kier alpha value is -1.79. The Labute approximate surface area is 112 Å². The minimum Gasteiger partial charge on any atom is -0.324 e. The molecular formula is C12H10BrN5. The summed E-state index contributed by atoms with van der Waals surface area (Å²) >= 11 is 3.54. The highest BCUT2D eigenvalue weighted by Crippen LogP contribution is 2.28.